The van der Waals surface area contributed by atoms with Crippen molar-refractivity contribution in [2.75, 3.05) is 5.32 Å². The summed E-state index contributed by atoms with van der Waals surface area (Å²) in [6.07, 6.45) is 2.56. The first-order chi connectivity index (χ1) is 8.19. The summed E-state index contributed by atoms with van der Waals surface area (Å²) in [5, 5.41) is 10.2. The van der Waals surface area contributed by atoms with Gasteiger partial charge in [-0.15, -0.1) is 5.10 Å². The monoisotopic (exact) mass is 230 g/mol. The van der Waals surface area contributed by atoms with Gasteiger partial charge in [0.15, 0.2) is 5.69 Å². The number of benzene rings is 1. The van der Waals surface area contributed by atoms with E-state index in [1.54, 1.807) is 13.2 Å². The van der Waals surface area contributed by atoms with E-state index in [0.29, 0.717) is 5.69 Å². The van der Waals surface area contributed by atoms with E-state index in [0.717, 1.165) is 12.1 Å². The van der Waals surface area contributed by atoms with Crippen LogP contribution in [-0.4, -0.2) is 20.9 Å². The van der Waals surface area contributed by atoms with Crippen molar-refractivity contribution in [1.82, 2.24) is 15.0 Å². The highest BCUT2D eigenvalue weighted by atomic mass is 16.2. The molecule has 0 aliphatic carbocycles. The number of amides is 1. The summed E-state index contributed by atoms with van der Waals surface area (Å²) in [6, 6.07) is 7.75. The van der Waals surface area contributed by atoms with Gasteiger partial charge < -0.3 is 5.32 Å². The van der Waals surface area contributed by atoms with Crippen LogP contribution in [0.5, 0.6) is 0 Å². The van der Waals surface area contributed by atoms with Gasteiger partial charge in [-0.3, -0.25) is 9.48 Å². The van der Waals surface area contributed by atoms with Crippen LogP contribution in [0.1, 0.15) is 23.0 Å². The largest absolute Gasteiger partial charge is 0.321 e. The van der Waals surface area contributed by atoms with Crippen LogP contribution in [0.4, 0.5) is 5.69 Å². The van der Waals surface area contributed by atoms with Gasteiger partial charge in [0.2, 0.25) is 0 Å². The summed E-state index contributed by atoms with van der Waals surface area (Å²) >= 11 is 0. The van der Waals surface area contributed by atoms with E-state index in [1.807, 2.05) is 24.3 Å². The second-order valence-corrected chi connectivity index (χ2v) is 3.78. The lowest BCUT2D eigenvalue weighted by atomic mass is 10.1. The van der Waals surface area contributed by atoms with Gasteiger partial charge in [0.1, 0.15) is 0 Å². The fraction of sp³-hybridized carbons (Fsp3) is 0.250. The van der Waals surface area contributed by atoms with Gasteiger partial charge >= 0.3 is 0 Å². The van der Waals surface area contributed by atoms with Crippen LogP contribution < -0.4 is 5.32 Å². The normalized spacial score (nSPS) is 10.2. The van der Waals surface area contributed by atoms with Crippen LogP contribution in [0.25, 0.3) is 0 Å². The Kier molecular flexibility index (Phi) is 3.18. The zero-order valence-corrected chi connectivity index (χ0v) is 9.84. The van der Waals surface area contributed by atoms with Gasteiger partial charge in [-0.2, -0.15) is 0 Å². The molecule has 1 amide bonds. The molecule has 0 bridgehead atoms. The smallest absolute Gasteiger partial charge is 0.277 e. The summed E-state index contributed by atoms with van der Waals surface area (Å²) in [7, 11) is 1.72. The molecule has 1 aromatic carbocycles. The Morgan fingerprint density at radius 1 is 1.35 bits per heavy atom. The number of aryl methyl sites for hydroxylation is 2. The van der Waals surface area contributed by atoms with Crippen molar-refractivity contribution in [3.8, 4) is 0 Å². The fourth-order valence-corrected chi connectivity index (χ4v) is 1.47. The zero-order valence-electron chi connectivity index (χ0n) is 9.84. The highest BCUT2D eigenvalue weighted by Gasteiger charge is 2.09. The fourth-order valence-electron chi connectivity index (χ4n) is 1.47. The van der Waals surface area contributed by atoms with Gasteiger partial charge in [0.25, 0.3) is 5.91 Å². The number of hydrogen-bond donors (Lipinski definition) is 1. The molecule has 1 heterocycles. The van der Waals surface area contributed by atoms with Crippen LogP contribution >= 0.6 is 0 Å². The lowest BCUT2D eigenvalue weighted by Gasteiger charge is -2.03. The Morgan fingerprint density at radius 3 is 2.59 bits per heavy atom. The number of hydrogen-bond acceptors (Lipinski definition) is 3. The Balaban J connectivity index is 2.07. The Morgan fingerprint density at radius 2 is 2.06 bits per heavy atom. The van der Waals surface area contributed by atoms with Crippen molar-refractivity contribution < 1.29 is 4.79 Å². The number of nitrogens with one attached hydrogen (secondary N) is 1. The molecule has 5 nitrogen and oxygen atoms in total. The number of carbonyl (C=O) groups excluding carboxylic acids is 1. The number of rotatable bonds is 3. The Hall–Kier alpha value is -2.17. The molecule has 2 rings (SSSR count). The minimum atomic E-state index is -0.248. The SMILES string of the molecule is CCc1ccc(NC(=O)c2cn(C)nn2)cc1. The van der Waals surface area contributed by atoms with E-state index in [1.165, 1.54) is 10.2 Å². The molecule has 2 aromatic rings. The molecule has 5 heteroatoms. The van der Waals surface area contributed by atoms with Crippen molar-refractivity contribution in [2.24, 2.45) is 7.05 Å². The molecule has 0 fully saturated rings. The summed E-state index contributed by atoms with van der Waals surface area (Å²) in [6.45, 7) is 2.09. The third-order valence-electron chi connectivity index (χ3n) is 2.46. The number of carbonyl (C=O) groups is 1. The van der Waals surface area contributed by atoms with Gasteiger partial charge in [-0.05, 0) is 24.1 Å². The quantitative estimate of drug-likeness (QED) is 0.871. The topological polar surface area (TPSA) is 59.8 Å². The molecule has 0 aliphatic rings. The molecule has 0 saturated heterocycles. The lowest BCUT2D eigenvalue weighted by molar-refractivity contribution is 0.102. The highest BCUT2D eigenvalue weighted by Crippen LogP contribution is 2.10. The number of nitrogens with zero attached hydrogens (tertiary/aromatic N) is 3. The van der Waals surface area contributed by atoms with E-state index in [9.17, 15) is 4.79 Å². The maximum Gasteiger partial charge on any atom is 0.277 e. The van der Waals surface area contributed by atoms with Gasteiger partial charge in [0, 0.05) is 12.7 Å². The van der Waals surface area contributed by atoms with E-state index in [-0.39, 0.29) is 5.91 Å². The van der Waals surface area contributed by atoms with Crippen LogP contribution in [0.15, 0.2) is 30.5 Å². The Bertz CT molecular complexity index is 516. The molecule has 0 aliphatic heterocycles. The maximum absolute atomic E-state index is 11.8. The standard InChI is InChI=1S/C12H14N4O/c1-3-9-4-6-10(7-5-9)13-12(17)11-8-16(2)15-14-11/h4-8H,3H2,1-2H3,(H,13,17). The van der Waals surface area contributed by atoms with Crippen LogP contribution in [-0.2, 0) is 13.5 Å². The van der Waals surface area contributed by atoms with Gasteiger partial charge in [-0.25, -0.2) is 0 Å². The van der Waals surface area contributed by atoms with E-state index < -0.39 is 0 Å². The molecule has 0 radical (unpaired) electrons. The predicted molar refractivity (Wildman–Crippen MR) is 64.8 cm³/mol. The van der Waals surface area contributed by atoms with Crippen molar-refractivity contribution in [2.45, 2.75) is 13.3 Å². The molecule has 0 spiro atoms. The van der Waals surface area contributed by atoms with Gasteiger partial charge in [-0.1, -0.05) is 24.3 Å². The molecule has 0 atom stereocenters. The average molecular weight is 230 g/mol. The zero-order chi connectivity index (χ0) is 12.3. The minimum Gasteiger partial charge on any atom is -0.321 e. The highest BCUT2D eigenvalue weighted by molar-refractivity contribution is 6.02. The molecule has 17 heavy (non-hydrogen) atoms. The Labute approximate surface area is 99.5 Å². The second kappa shape index (κ2) is 4.78. The first-order valence-electron chi connectivity index (χ1n) is 5.45. The van der Waals surface area contributed by atoms with Crippen molar-refractivity contribution >= 4 is 11.6 Å². The first-order valence-corrected chi connectivity index (χ1v) is 5.45. The van der Waals surface area contributed by atoms with Crippen molar-refractivity contribution in [3.05, 3.63) is 41.7 Å². The maximum atomic E-state index is 11.8. The summed E-state index contributed by atoms with van der Waals surface area (Å²) in [4.78, 5) is 11.8. The van der Waals surface area contributed by atoms with E-state index >= 15 is 0 Å². The molecule has 0 unspecified atom stereocenters. The predicted octanol–water partition coefficient (Wildman–Crippen LogP) is 1.63. The minimum absolute atomic E-state index is 0.248. The molecular formula is C12H14N4O. The molecule has 1 aromatic heterocycles. The lowest BCUT2D eigenvalue weighted by Crippen LogP contribution is -2.12. The molecule has 88 valence electrons. The molecule has 0 saturated carbocycles. The summed E-state index contributed by atoms with van der Waals surface area (Å²) in [5.41, 5.74) is 2.31. The third kappa shape index (κ3) is 2.69. The molecule has 1 N–H and O–H groups in total. The number of aromatic nitrogens is 3. The first kappa shape index (κ1) is 11.3. The van der Waals surface area contributed by atoms with Crippen LogP contribution in [0.3, 0.4) is 0 Å². The summed E-state index contributed by atoms with van der Waals surface area (Å²) in [5.74, 6) is -0.248. The van der Waals surface area contributed by atoms with E-state index in [2.05, 4.69) is 22.6 Å². The third-order valence-corrected chi connectivity index (χ3v) is 2.46. The van der Waals surface area contributed by atoms with Gasteiger partial charge in [0.05, 0.1) is 6.20 Å². The van der Waals surface area contributed by atoms with Crippen LogP contribution in [0, 0.1) is 0 Å². The summed E-state index contributed by atoms with van der Waals surface area (Å²) < 4.78 is 1.50. The average Bonchev–Trinajstić information content (AvgIpc) is 2.77. The van der Waals surface area contributed by atoms with Crippen LogP contribution in [0.2, 0.25) is 0 Å². The second-order valence-electron chi connectivity index (χ2n) is 3.78. The number of anilines is 1. The van der Waals surface area contributed by atoms with Crippen molar-refractivity contribution in [1.29, 1.82) is 0 Å². The van der Waals surface area contributed by atoms with E-state index in [4.69, 9.17) is 0 Å². The molecular weight excluding hydrogens is 216 g/mol. The van der Waals surface area contributed by atoms with Crippen molar-refractivity contribution in [3.63, 3.8) is 0 Å².